The van der Waals surface area contributed by atoms with Crippen molar-refractivity contribution in [2.45, 2.75) is 18.9 Å². The van der Waals surface area contributed by atoms with E-state index < -0.39 is 0 Å². The first-order valence-electron chi connectivity index (χ1n) is 8.34. The maximum Gasteiger partial charge on any atom is 0.166 e. The van der Waals surface area contributed by atoms with Crippen LogP contribution in [0.1, 0.15) is 12.8 Å². The van der Waals surface area contributed by atoms with Crippen LogP contribution in [0, 0.1) is 5.82 Å². The Kier molecular flexibility index (Phi) is 4.05. The van der Waals surface area contributed by atoms with Crippen LogP contribution in [0.15, 0.2) is 42.7 Å². The van der Waals surface area contributed by atoms with Crippen molar-refractivity contribution in [1.29, 1.82) is 0 Å². The first-order valence-corrected chi connectivity index (χ1v) is 8.34. The Bertz CT molecular complexity index is 900. The van der Waals surface area contributed by atoms with Gasteiger partial charge in [0.2, 0.25) is 0 Å². The quantitative estimate of drug-likeness (QED) is 0.764. The van der Waals surface area contributed by atoms with E-state index in [1.807, 2.05) is 18.2 Å². The van der Waals surface area contributed by atoms with Crippen molar-refractivity contribution in [1.82, 2.24) is 15.0 Å². The lowest BCUT2D eigenvalue weighted by Gasteiger charge is -2.35. The van der Waals surface area contributed by atoms with Crippen LogP contribution in [0.4, 0.5) is 21.7 Å². The third-order valence-electron chi connectivity index (χ3n) is 4.47. The third-order valence-corrected chi connectivity index (χ3v) is 4.47. The van der Waals surface area contributed by atoms with Crippen LogP contribution in [-0.2, 0) is 0 Å². The topological polar surface area (TPSA) is 80.0 Å². The zero-order valence-corrected chi connectivity index (χ0v) is 13.7. The van der Waals surface area contributed by atoms with E-state index in [9.17, 15) is 4.39 Å². The lowest BCUT2D eigenvalue weighted by Crippen LogP contribution is -2.42. The molecular weight excluding hydrogens is 319 g/mol. The number of nitrogens with two attached hydrogens (primary N) is 1. The molecule has 1 aliphatic rings. The monoisotopic (exact) mass is 338 g/mol. The molecule has 7 heteroatoms. The number of hydrogen-bond donors (Lipinski definition) is 2. The molecule has 0 amide bonds. The lowest BCUT2D eigenvalue weighted by molar-refractivity contribution is 0.518. The molecule has 128 valence electrons. The highest BCUT2D eigenvalue weighted by Crippen LogP contribution is 2.25. The number of nitrogen functional groups attached to an aromatic ring is 1. The van der Waals surface area contributed by atoms with Crippen molar-refractivity contribution in [3.63, 3.8) is 0 Å². The first-order chi connectivity index (χ1) is 12.2. The van der Waals surface area contributed by atoms with Gasteiger partial charge in [-0.05, 0) is 37.1 Å². The average Bonchev–Trinajstić information content (AvgIpc) is 2.62. The number of pyridine rings is 1. The Morgan fingerprint density at radius 1 is 1.16 bits per heavy atom. The van der Waals surface area contributed by atoms with Crippen LogP contribution in [-0.4, -0.2) is 34.1 Å². The summed E-state index contributed by atoms with van der Waals surface area (Å²) in [4.78, 5) is 14.8. The van der Waals surface area contributed by atoms with Crippen LogP contribution in [0.25, 0.3) is 11.0 Å². The number of rotatable bonds is 3. The third kappa shape index (κ3) is 3.17. The molecular formula is C18H19FN6. The fraction of sp³-hybridized carbons (Fsp3) is 0.278. The SMILES string of the molecule is Nc1ccc2c(NC3CCCN(c4ccccc4F)C3)ncnc2n1. The van der Waals surface area contributed by atoms with Crippen LogP contribution >= 0.6 is 0 Å². The van der Waals surface area contributed by atoms with E-state index in [2.05, 4.69) is 25.2 Å². The molecule has 25 heavy (non-hydrogen) atoms. The lowest BCUT2D eigenvalue weighted by atomic mass is 10.0. The number of aromatic nitrogens is 3. The molecule has 2 aromatic heterocycles. The number of fused-ring (bicyclic) bond motifs is 1. The van der Waals surface area contributed by atoms with E-state index in [0.29, 0.717) is 17.2 Å². The molecule has 1 aliphatic heterocycles. The van der Waals surface area contributed by atoms with Gasteiger partial charge in [-0.15, -0.1) is 0 Å². The maximum atomic E-state index is 14.1. The predicted molar refractivity (Wildman–Crippen MR) is 97.0 cm³/mol. The summed E-state index contributed by atoms with van der Waals surface area (Å²) in [6.45, 7) is 1.57. The molecule has 0 bridgehead atoms. The Labute approximate surface area is 144 Å². The molecule has 3 heterocycles. The summed E-state index contributed by atoms with van der Waals surface area (Å²) in [5, 5.41) is 4.30. The molecule has 1 atom stereocenters. The molecule has 3 aromatic rings. The molecule has 1 saturated heterocycles. The van der Waals surface area contributed by atoms with E-state index in [1.54, 1.807) is 12.1 Å². The van der Waals surface area contributed by atoms with E-state index in [0.717, 1.165) is 37.1 Å². The molecule has 0 aliphatic carbocycles. The zero-order chi connectivity index (χ0) is 17.2. The molecule has 1 fully saturated rings. The minimum atomic E-state index is -0.185. The van der Waals surface area contributed by atoms with Crippen LogP contribution in [0.3, 0.4) is 0 Å². The average molecular weight is 338 g/mol. The number of anilines is 3. The van der Waals surface area contributed by atoms with Gasteiger partial charge >= 0.3 is 0 Å². The highest BCUT2D eigenvalue weighted by atomic mass is 19.1. The zero-order valence-electron chi connectivity index (χ0n) is 13.7. The fourth-order valence-corrected chi connectivity index (χ4v) is 3.29. The molecule has 0 spiro atoms. The number of para-hydroxylation sites is 1. The molecule has 4 rings (SSSR count). The van der Waals surface area contributed by atoms with Crippen molar-refractivity contribution < 1.29 is 4.39 Å². The van der Waals surface area contributed by atoms with Gasteiger partial charge in [0.1, 0.15) is 23.8 Å². The number of hydrogen-bond acceptors (Lipinski definition) is 6. The Morgan fingerprint density at radius 3 is 2.92 bits per heavy atom. The van der Waals surface area contributed by atoms with Crippen LogP contribution < -0.4 is 16.0 Å². The van der Waals surface area contributed by atoms with Gasteiger partial charge in [0, 0.05) is 19.1 Å². The summed E-state index contributed by atoms with van der Waals surface area (Å²) >= 11 is 0. The second-order valence-electron chi connectivity index (χ2n) is 6.21. The smallest absolute Gasteiger partial charge is 0.166 e. The Balaban J connectivity index is 1.56. The van der Waals surface area contributed by atoms with Gasteiger partial charge in [-0.2, -0.15) is 0 Å². The van der Waals surface area contributed by atoms with Gasteiger partial charge < -0.3 is 16.0 Å². The summed E-state index contributed by atoms with van der Waals surface area (Å²) in [7, 11) is 0. The van der Waals surface area contributed by atoms with Crippen molar-refractivity contribution in [2.24, 2.45) is 0 Å². The first kappa shape index (κ1) is 15.6. The number of nitrogens with one attached hydrogen (secondary N) is 1. The molecule has 0 radical (unpaired) electrons. The number of nitrogens with zero attached hydrogens (tertiary/aromatic N) is 4. The fourth-order valence-electron chi connectivity index (χ4n) is 3.29. The molecule has 6 nitrogen and oxygen atoms in total. The summed E-state index contributed by atoms with van der Waals surface area (Å²) in [6.07, 6.45) is 3.47. The summed E-state index contributed by atoms with van der Waals surface area (Å²) < 4.78 is 14.1. The van der Waals surface area contributed by atoms with Crippen molar-refractivity contribution in [2.75, 3.05) is 29.0 Å². The molecule has 0 saturated carbocycles. The standard InChI is InChI=1S/C18H19FN6/c19-14-5-1-2-6-15(14)25-9-3-4-12(10-25)23-17-13-7-8-16(20)24-18(13)22-11-21-17/h1-2,5-8,11-12H,3-4,9-10H2,(H3,20,21,22,23,24). The minimum Gasteiger partial charge on any atom is -0.384 e. The Hall–Kier alpha value is -2.96. The maximum absolute atomic E-state index is 14.1. The van der Waals surface area contributed by atoms with Gasteiger partial charge in [-0.1, -0.05) is 12.1 Å². The van der Waals surface area contributed by atoms with E-state index in [4.69, 9.17) is 5.73 Å². The summed E-state index contributed by atoms with van der Waals surface area (Å²) in [5.41, 5.74) is 6.94. The molecule has 1 unspecified atom stereocenters. The van der Waals surface area contributed by atoms with Gasteiger partial charge in [-0.3, -0.25) is 0 Å². The van der Waals surface area contributed by atoms with Crippen molar-refractivity contribution in [3.8, 4) is 0 Å². The number of piperidine rings is 1. The minimum absolute atomic E-state index is 0.170. The molecule has 3 N–H and O–H groups in total. The van der Waals surface area contributed by atoms with E-state index in [-0.39, 0.29) is 11.9 Å². The highest BCUT2D eigenvalue weighted by Gasteiger charge is 2.22. The van der Waals surface area contributed by atoms with Crippen LogP contribution in [0.2, 0.25) is 0 Å². The van der Waals surface area contributed by atoms with Gasteiger partial charge in [0.25, 0.3) is 0 Å². The van der Waals surface area contributed by atoms with E-state index >= 15 is 0 Å². The van der Waals surface area contributed by atoms with Crippen molar-refractivity contribution in [3.05, 3.63) is 48.5 Å². The highest BCUT2D eigenvalue weighted by molar-refractivity contribution is 5.87. The van der Waals surface area contributed by atoms with Gasteiger partial charge in [0.15, 0.2) is 5.65 Å². The summed E-state index contributed by atoms with van der Waals surface area (Å²) in [6, 6.07) is 10.7. The van der Waals surface area contributed by atoms with Gasteiger partial charge in [-0.25, -0.2) is 19.3 Å². The van der Waals surface area contributed by atoms with E-state index in [1.165, 1.54) is 12.4 Å². The number of benzene rings is 1. The van der Waals surface area contributed by atoms with Crippen molar-refractivity contribution >= 4 is 28.4 Å². The van der Waals surface area contributed by atoms with Gasteiger partial charge in [0.05, 0.1) is 11.1 Å². The van der Waals surface area contributed by atoms with Crippen LogP contribution in [0.5, 0.6) is 0 Å². The predicted octanol–water partition coefficient (Wildman–Crippen LogP) is 2.83. The molecule has 1 aromatic carbocycles. The second-order valence-corrected chi connectivity index (χ2v) is 6.21. The largest absolute Gasteiger partial charge is 0.384 e. The number of halogens is 1. The Morgan fingerprint density at radius 2 is 2.04 bits per heavy atom. The normalized spacial score (nSPS) is 17.6. The second kappa shape index (κ2) is 6.51. The summed E-state index contributed by atoms with van der Waals surface area (Å²) in [5.74, 6) is 0.980.